The van der Waals surface area contributed by atoms with Crippen LogP contribution >= 0.6 is 0 Å². The summed E-state index contributed by atoms with van der Waals surface area (Å²) in [6.45, 7) is 2.00. The monoisotopic (exact) mass is 414 g/mol. The van der Waals surface area contributed by atoms with Crippen LogP contribution < -0.4 is 10.5 Å². The lowest BCUT2D eigenvalue weighted by atomic mass is 10.2. The van der Waals surface area contributed by atoms with E-state index in [1.807, 2.05) is 24.3 Å². The maximum Gasteiger partial charge on any atom is 0.280 e. The van der Waals surface area contributed by atoms with Gasteiger partial charge in [-0.1, -0.05) is 11.2 Å². The van der Waals surface area contributed by atoms with Gasteiger partial charge in [0.05, 0.1) is 18.0 Å². The molecule has 2 unspecified atom stereocenters. The number of aryl methyl sites for hydroxylation is 1. The summed E-state index contributed by atoms with van der Waals surface area (Å²) in [5, 5.41) is 13.3. The lowest BCUT2D eigenvalue weighted by Crippen LogP contribution is -2.24. The van der Waals surface area contributed by atoms with Gasteiger partial charge in [0.1, 0.15) is 12.9 Å². The molecule has 154 valence electrons. The number of benzene rings is 1. The Morgan fingerprint density at radius 3 is 2.84 bits per heavy atom. The van der Waals surface area contributed by atoms with Gasteiger partial charge in [0.15, 0.2) is 17.0 Å². The normalized spacial score (nSPS) is 21.9. The molecule has 1 aromatic carbocycles. The molecule has 4 aromatic rings. The Labute approximate surface area is 176 Å². The minimum atomic E-state index is -0.191. The van der Waals surface area contributed by atoms with Crippen LogP contribution in [-0.2, 0) is 13.6 Å². The Kier molecular flexibility index (Phi) is 3.74. The Hall–Kier alpha value is -4.00. The molecule has 1 aliphatic heterocycles. The first-order valence-electron chi connectivity index (χ1n) is 10.1. The molecule has 0 N–H and O–H groups in total. The van der Waals surface area contributed by atoms with Gasteiger partial charge >= 0.3 is 0 Å². The van der Waals surface area contributed by atoms with Gasteiger partial charge < -0.3 is 14.0 Å². The predicted octanol–water partition coefficient (Wildman–Crippen LogP) is 1.28. The molecule has 2 aliphatic rings. The molecule has 2 atom stereocenters. The average Bonchev–Trinajstić information content (AvgIpc) is 3.21. The molecule has 3 aromatic heterocycles. The summed E-state index contributed by atoms with van der Waals surface area (Å²) in [6.07, 6.45) is 3.03. The number of rotatable bonds is 4. The van der Waals surface area contributed by atoms with Gasteiger partial charge in [-0.15, -0.1) is 0 Å². The zero-order chi connectivity index (χ0) is 21.1. The van der Waals surface area contributed by atoms with E-state index in [4.69, 9.17) is 9.78 Å². The maximum atomic E-state index is 12.7. The highest BCUT2D eigenvalue weighted by Gasteiger charge is 2.58. The number of nitriles is 1. The Morgan fingerprint density at radius 1 is 1.23 bits per heavy atom. The topological polar surface area (TPSA) is 119 Å². The maximum absolute atomic E-state index is 12.7. The predicted molar refractivity (Wildman–Crippen MR) is 109 cm³/mol. The highest BCUT2D eigenvalue weighted by Crippen LogP contribution is 2.57. The first-order chi connectivity index (χ1) is 15.1. The number of imidazole rings is 1. The zero-order valence-corrected chi connectivity index (χ0v) is 16.7. The fourth-order valence-corrected chi connectivity index (χ4v) is 4.69. The molecule has 0 bridgehead atoms. The first kappa shape index (κ1) is 17.8. The van der Waals surface area contributed by atoms with Crippen molar-refractivity contribution >= 4 is 16.9 Å². The summed E-state index contributed by atoms with van der Waals surface area (Å²) in [7, 11) is 1.76. The van der Waals surface area contributed by atoms with Gasteiger partial charge in [-0.2, -0.15) is 10.2 Å². The van der Waals surface area contributed by atoms with Crippen LogP contribution in [0, 0.1) is 23.2 Å². The van der Waals surface area contributed by atoms with Crippen molar-refractivity contribution in [2.45, 2.75) is 12.5 Å². The summed E-state index contributed by atoms with van der Waals surface area (Å²) in [5.41, 5.74) is 2.43. The molecule has 0 radical (unpaired) electrons. The number of anilines is 1. The smallest absolute Gasteiger partial charge is 0.280 e. The van der Waals surface area contributed by atoms with Crippen LogP contribution in [0.1, 0.15) is 23.2 Å². The van der Waals surface area contributed by atoms with Gasteiger partial charge in [-0.3, -0.25) is 9.36 Å². The van der Waals surface area contributed by atoms with E-state index in [1.54, 1.807) is 17.9 Å². The molecule has 31 heavy (non-hydrogen) atoms. The molecule has 4 heterocycles. The van der Waals surface area contributed by atoms with Crippen LogP contribution in [0.4, 0.5) is 5.69 Å². The SMILES string of the molecule is Cn1cnc2ncn(Cc3nc(C4C5CN(c6cccc(C#N)c6)CC54)no3)c(=O)c21. The number of hydrogen-bond acceptors (Lipinski definition) is 8. The molecule has 2 fully saturated rings. The van der Waals surface area contributed by atoms with Crippen molar-refractivity contribution in [3.05, 3.63) is 64.6 Å². The third-order valence-electron chi connectivity index (χ3n) is 6.32. The van der Waals surface area contributed by atoms with E-state index in [-0.39, 0.29) is 18.0 Å². The van der Waals surface area contributed by atoms with Gasteiger partial charge in [0, 0.05) is 31.7 Å². The highest BCUT2D eigenvalue weighted by molar-refractivity contribution is 5.68. The fourth-order valence-electron chi connectivity index (χ4n) is 4.69. The summed E-state index contributed by atoms with van der Waals surface area (Å²) in [5.74, 6) is 2.34. The second-order valence-electron chi connectivity index (χ2n) is 8.17. The lowest BCUT2D eigenvalue weighted by molar-refractivity contribution is 0.363. The third-order valence-corrected chi connectivity index (χ3v) is 6.32. The van der Waals surface area contributed by atoms with E-state index >= 15 is 0 Å². The number of piperidine rings is 1. The zero-order valence-electron chi connectivity index (χ0n) is 16.7. The minimum Gasteiger partial charge on any atom is -0.371 e. The van der Waals surface area contributed by atoms with E-state index in [2.05, 4.69) is 31.1 Å². The van der Waals surface area contributed by atoms with Crippen molar-refractivity contribution in [2.24, 2.45) is 18.9 Å². The van der Waals surface area contributed by atoms with E-state index in [9.17, 15) is 4.79 Å². The second-order valence-corrected chi connectivity index (χ2v) is 8.17. The van der Waals surface area contributed by atoms with Gasteiger partial charge in [-0.05, 0) is 30.0 Å². The van der Waals surface area contributed by atoms with Crippen LogP contribution in [-0.4, -0.2) is 42.3 Å². The van der Waals surface area contributed by atoms with Crippen LogP contribution in [0.15, 0.2) is 46.2 Å². The standard InChI is InChI=1S/C21H18N8O2/c1-27-10-23-20-18(27)21(30)29(11-24-20)9-16-25-19(26-31-16)17-14-7-28(8-15(14)17)13-4-2-3-12(5-13)6-22/h2-5,10-11,14-15,17H,7-9H2,1H3. The molecule has 0 amide bonds. The number of hydrogen-bond donors (Lipinski definition) is 0. The minimum absolute atomic E-state index is 0.176. The Bertz CT molecular complexity index is 1400. The molecular weight excluding hydrogens is 396 g/mol. The molecule has 10 heteroatoms. The van der Waals surface area contributed by atoms with Crippen LogP contribution in [0.2, 0.25) is 0 Å². The van der Waals surface area contributed by atoms with Crippen molar-refractivity contribution in [2.75, 3.05) is 18.0 Å². The number of fused-ring (bicyclic) bond motifs is 2. The van der Waals surface area contributed by atoms with E-state index in [0.29, 0.717) is 40.3 Å². The van der Waals surface area contributed by atoms with Crippen LogP contribution in [0.3, 0.4) is 0 Å². The van der Waals surface area contributed by atoms with Crippen molar-refractivity contribution in [1.29, 1.82) is 5.26 Å². The molecule has 1 aliphatic carbocycles. The molecule has 10 nitrogen and oxygen atoms in total. The van der Waals surface area contributed by atoms with Crippen LogP contribution in [0.25, 0.3) is 11.2 Å². The van der Waals surface area contributed by atoms with Gasteiger partial charge in [-0.25, -0.2) is 9.97 Å². The summed E-state index contributed by atoms with van der Waals surface area (Å²) >= 11 is 0. The highest BCUT2D eigenvalue weighted by atomic mass is 16.5. The van der Waals surface area contributed by atoms with Crippen molar-refractivity contribution in [3.63, 3.8) is 0 Å². The lowest BCUT2D eigenvalue weighted by Gasteiger charge is -2.21. The molecule has 0 spiro atoms. The fraction of sp³-hybridized carbons (Fsp3) is 0.333. The van der Waals surface area contributed by atoms with E-state index < -0.39 is 0 Å². The summed E-state index contributed by atoms with van der Waals surface area (Å²) in [6, 6.07) is 9.89. The van der Waals surface area contributed by atoms with Crippen molar-refractivity contribution in [1.82, 2.24) is 29.2 Å². The van der Waals surface area contributed by atoms with Crippen LogP contribution in [0.5, 0.6) is 0 Å². The molecule has 1 saturated heterocycles. The average molecular weight is 414 g/mol. The summed E-state index contributed by atoms with van der Waals surface area (Å²) in [4.78, 5) is 27.9. The van der Waals surface area contributed by atoms with Crippen molar-refractivity contribution in [3.8, 4) is 6.07 Å². The molecular formula is C21H18N8O2. The number of aromatic nitrogens is 6. The second kappa shape index (κ2) is 6.50. The Balaban J connectivity index is 1.16. The van der Waals surface area contributed by atoms with Gasteiger partial charge in [0.2, 0.25) is 5.89 Å². The molecule has 1 saturated carbocycles. The van der Waals surface area contributed by atoms with Crippen molar-refractivity contribution < 1.29 is 4.52 Å². The summed E-state index contributed by atoms with van der Waals surface area (Å²) < 4.78 is 8.55. The largest absolute Gasteiger partial charge is 0.371 e. The Morgan fingerprint density at radius 2 is 2.03 bits per heavy atom. The number of nitrogens with zero attached hydrogens (tertiary/aromatic N) is 8. The third kappa shape index (κ3) is 2.81. The first-order valence-corrected chi connectivity index (χ1v) is 10.1. The molecule has 6 rings (SSSR count). The van der Waals surface area contributed by atoms with E-state index in [1.165, 1.54) is 10.9 Å². The van der Waals surface area contributed by atoms with Gasteiger partial charge in [0.25, 0.3) is 5.56 Å². The van der Waals surface area contributed by atoms with E-state index in [0.717, 1.165) is 18.8 Å². The quantitative estimate of drug-likeness (QED) is 0.490.